The number of nitrogens with zero attached hydrogens (tertiary/aromatic N) is 1. The van der Waals surface area contributed by atoms with Gasteiger partial charge in [0.25, 0.3) is 0 Å². The fraction of sp³-hybridized carbons (Fsp3) is 0.571. The lowest BCUT2D eigenvalue weighted by Crippen LogP contribution is -2.45. The molecule has 0 amide bonds. The third kappa shape index (κ3) is 4.13. The van der Waals surface area contributed by atoms with Crippen LogP contribution in [0.1, 0.15) is 25.7 Å². The van der Waals surface area contributed by atoms with Crippen molar-refractivity contribution < 1.29 is 18.3 Å². The van der Waals surface area contributed by atoms with E-state index in [4.69, 9.17) is 0 Å². The Hall–Kier alpha value is -1.23. The van der Waals surface area contributed by atoms with E-state index >= 15 is 0 Å². The standard InChI is InChI=1S/C14H18F3NO/c15-14(16,17)7-6-13(19)8-10-18(11-9-13)12-4-2-1-3-5-12/h1-5,19H,6-11H2. The van der Waals surface area contributed by atoms with Crippen LogP contribution in [0.15, 0.2) is 30.3 Å². The molecule has 1 fully saturated rings. The van der Waals surface area contributed by atoms with Crippen LogP contribution in [-0.2, 0) is 0 Å². The van der Waals surface area contributed by atoms with Crippen molar-refractivity contribution >= 4 is 5.69 Å². The second-order valence-corrected chi connectivity index (χ2v) is 5.16. The Kier molecular flexibility index (Phi) is 4.04. The van der Waals surface area contributed by atoms with Gasteiger partial charge in [-0.2, -0.15) is 13.2 Å². The van der Waals surface area contributed by atoms with Gasteiger partial charge in [0.2, 0.25) is 0 Å². The van der Waals surface area contributed by atoms with E-state index in [1.54, 1.807) is 0 Å². The molecule has 0 saturated carbocycles. The highest BCUT2D eigenvalue weighted by Crippen LogP contribution is 2.33. The zero-order valence-corrected chi connectivity index (χ0v) is 10.7. The molecular formula is C14H18F3NO. The molecule has 1 aromatic rings. The number of rotatable bonds is 3. The molecule has 0 atom stereocenters. The summed E-state index contributed by atoms with van der Waals surface area (Å²) in [4.78, 5) is 2.10. The van der Waals surface area contributed by atoms with E-state index in [9.17, 15) is 18.3 Å². The van der Waals surface area contributed by atoms with E-state index in [0.29, 0.717) is 25.9 Å². The minimum Gasteiger partial charge on any atom is -0.390 e. The number of halogens is 3. The number of piperidine rings is 1. The molecule has 1 heterocycles. The van der Waals surface area contributed by atoms with Gasteiger partial charge in [-0.15, -0.1) is 0 Å². The number of benzene rings is 1. The summed E-state index contributed by atoms with van der Waals surface area (Å²) in [6.07, 6.45) is -4.52. The Morgan fingerprint density at radius 2 is 1.68 bits per heavy atom. The predicted octanol–water partition coefficient (Wildman–Crippen LogP) is 3.36. The van der Waals surface area contributed by atoms with E-state index < -0.39 is 18.2 Å². The lowest BCUT2D eigenvalue weighted by Gasteiger charge is -2.39. The summed E-state index contributed by atoms with van der Waals surface area (Å²) in [5, 5.41) is 10.2. The predicted molar refractivity (Wildman–Crippen MR) is 68.1 cm³/mol. The number of alkyl halides is 3. The van der Waals surface area contributed by atoms with Crippen LogP contribution in [0.25, 0.3) is 0 Å². The second-order valence-electron chi connectivity index (χ2n) is 5.16. The molecule has 2 rings (SSSR count). The van der Waals surface area contributed by atoms with Crippen LogP contribution < -0.4 is 4.90 Å². The van der Waals surface area contributed by atoms with Crippen LogP contribution in [0.2, 0.25) is 0 Å². The van der Waals surface area contributed by atoms with E-state index in [2.05, 4.69) is 4.90 Å². The molecule has 1 aliphatic heterocycles. The van der Waals surface area contributed by atoms with Crippen molar-refractivity contribution in [2.75, 3.05) is 18.0 Å². The fourth-order valence-corrected chi connectivity index (χ4v) is 2.44. The van der Waals surface area contributed by atoms with E-state index in [1.807, 2.05) is 30.3 Å². The summed E-state index contributed by atoms with van der Waals surface area (Å²) in [6, 6.07) is 9.73. The van der Waals surface area contributed by atoms with Gasteiger partial charge in [0.15, 0.2) is 0 Å². The Morgan fingerprint density at radius 1 is 1.11 bits per heavy atom. The van der Waals surface area contributed by atoms with Crippen molar-refractivity contribution in [3.63, 3.8) is 0 Å². The summed E-state index contributed by atoms with van der Waals surface area (Å²) in [6.45, 7) is 1.19. The third-order valence-electron chi connectivity index (χ3n) is 3.69. The van der Waals surface area contributed by atoms with Crippen molar-refractivity contribution in [3.05, 3.63) is 30.3 Å². The molecule has 0 unspecified atom stereocenters. The monoisotopic (exact) mass is 273 g/mol. The molecule has 1 saturated heterocycles. The van der Waals surface area contributed by atoms with Gasteiger partial charge in [-0.05, 0) is 31.4 Å². The molecule has 0 bridgehead atoms. The average Bonchev–Trinajstić information content (AvgIpc) is 2.38. The molecule has 1 aliphatic rings. The minimum absolute atomic E-state index is 0.195. The Balaban J connectivity index is 1.88. The van der Waals surface area contributed by atoms with Gasteiger partial charge in [0.05, 0.1) is 5.60 Å². The number of anilines is 1. The Bertz CT molecular complexity index is 397. The van der Waals surface area contributed by atoms with Crippen molar-refractivity contribution in [2.24, 2.45) is 0 Å². The average molecular weight is 273 g/mol. The first kappa shape index (κ1) is 14.2. The molecule has 19 heavy (non-hydrogen) atoms. The topological polar surface area (TPSA) is 23.5 Å². The number of hydrogen-bond acceptors (Lipinski definition) is 2. The maximum Gasteiger partial charge on any atom is 0.389 e. The van der Waals surface area contributed by atoms with Crippen LogP contribution in [0.3, 0.4) is 0 Å². The molecule has 106 valence electrons. The molecule has 5 heteroatoms. The van der Waals surface area contributed by atoms with Crippen molar-refractivity contribution in [1.29, 1.82) is 0 Å². The minimum atomic E-state index is -4.19. The van der Waals surface area contributed by atoms with Gasteiger partial charge in [-0.3, -0.25) is 0 Å². The molecule has 1 aromatic carbocycles. The zero-order valence-electron chi connectivity index (χ0n) is 10.7. The summed E-state index contributed by atoms with van der Waals surface area (Å²) in [7, 11) is 0. The SMILES string of the molecule is OC1(CCC(F)(F)F)CCN(c2ccccc2)CC1. The van der Waals surface area contributed by atoms with Crippen molar-refractivity contribution in [2.45, 2.75) is 37.5 Å². The molecule has 0 radical (unpaired) electrons. The smallest absolute Gasteiger partial charge is 0.389 e. The lowest BCUT2D eigenvalue weighted by atomic mass is 9.86. The first-order valence-electron chi connectivity index (χ1n) is 6.47. The lowest BCUT2D eigenvalue weighted by molar-refractivity contribution is -0.148. The van der Waals surface area contributed by atoms with E-state index in [1.165, 1.54) is 0 Å². The first-order valence-corrected chi connectivity index (χ1v) is 6.47. The van der Waals surface area contributed by atoms with Crippen molar-refractivity contribution in [1.82, 2.24) is 0 Å². The first-order chi connectivity index (χ1) is 8.88. The van der Waals surface area contributed by atoms with Crippen LogP contribution in [-0.4, -0.2) is 30.0 Å². The van der Waals surface area contributed by atoms with Gasteiger partial charge in [0.1, 0.15) is 0 Å². The quantitative estimate of drug-likeness (QED) is 0.912. The van der Waals surface area contributed by atoms with Gasteiger partial charge < -0.3 is 10.0 Å². The Labute approximate surface area is 110 Å². The van der Waals surface area contributed by atoms with E-state index in [0.717, 1.165) is 5.69 Å². The van der Waals surface area contributed by atoms with Crippen LogP contribution >= 0.6 is 0 Å². The van der Waals surface area contributed by atoms with E-state index in [-0.39, 0.29) is 6.42 Å². The third-order valence-corrected chi connectivity index (χ3v) is 3.69. The summed E-state index contributed by atoms with van der Waals surface area (Å²) >= 11 is 0. The van der Waals surface area contributed by atoms with Crippen LogP contribution in [0.4, 0.5) is 18.9 Å². The summed E-state index contributed by atoms with van der Waals surface area (Å²) in [5.74, 6) is 0. The van der Waals surface area contributed by atoms with Crippen molar-refractivity contribution in [3.8, 4) is 0 Å². The fourth-order valence-electron chi connectivity index (χ4n) is 2.44. The highest BCUT2D eigenvalue weighted by atomic mass is 19.4. The number of para-hydroxylation sites is 1. The maximum absolute atomic E-state index is 12.2. The van der Waals surface area contributed by atoms with Gasteiger partial charge >= 0.3 is 6.18 Å². The largest absolute Gasteiger partial charge is 0.390 e. The summed E-state index contributed by atoms with van der Waals surface area (Å²) in [5.41, 5.74) is -0.110. The van der Waals surface area contributed by atoms with Gasteiger partial charge in [-0.25, -0.2) is 0 Å². The highest BCUT2D eigenvalue weighted by Gasteiger charge is 2.37. The van der Waals surface area contributed by atoms with Gasteiger partial charge in [-0.1, -0.05) is 18.2 Å². The maximum atomic E-state index is 12.2. The van der Waals surface area contributed by atoms with Crippen LogP contribution in [0.5, 0.6) is 0 Å². The second kappa shape index (κ2) is 5.41. The zero-order chi connectivity index (χ0) is 13.9. The highest BCUT2D eigenvalue weighted by molar-refractivity contribution is 5.46. The number of hydrogen-bond donors (Lipinski definition) is 1. The Morgan fingerprint density at radius 3 is 2.21 bits per heavy atom. The molecule has 1 N–H and O–H groups in total. The molecule has 0 aliphatic carbocycles. The molecule has 2 nitrogen and oxygen atoms in total. The molecular weight excluding hydrogens is 255 g/mol. The number of aliphatic hydroxyl groups is 1. The van der Waals surface area contributed by atoms with Gasteiger partial charge in [0, 0.05) is 25.2 Å². The normalized spacial score (nSPS) is 19.5. The molecule has 0 spiro atoms. The molecule has 0 aromatic heterocycles. The van der Waals surface area contributed by atoms with Crippen LogP contribution in [0, 0.1) is 0 Å². The summed E-state index contributed by atoms with van der Waals surface area (Å²) < 4.78 is 36.6.